The second kappa shape index (κ2) is 8.40. The molecule has 3 rings (SSSR count). The summed E-state index contributed by atoms with van der Waals surface area (Å²) in [4.78, 5) is 29.0. The quantitative estimate of drug-likeness (QED) is 0.840. The second-order valence-electron chi connectivity index (χ2n) is 8.25. The minimum atomic E-state index is -0.689. The molecule has 6 heteroatoms. The van der Waals surface area contributed by atoms with Crippen LogP contribution in [0.3, 0.4) is 0 Å². The van der Waals surface area contributed by atoms with Gasteiger partial charge in [-0.25, -0.2) is 0 Å². The van der Waals surface area contributed by atoms with Crippen molar-refractivity contribution in [3.05, 3.63) is 35.4 Å². The molecule has 0 aliphatic carbocycles. The van der Waals surface area contributed by atoms with Gasteiger partial charge in [0.2, 0.25) is 5.91 Å². The fourth-order valence-corrected chi connectivity index (χ4v) is 4.11. The van der Waals surface area contributed by atoms with Gasteiger partial charge in [-0.3, -0.25) is 14.5 Å². The van der Waals surface area contributed by atoms with Crippen molar-refractivity contribution in [2.45, 2.75) is 51.2 Å². The predicted octanol–water partition coefficient (Wildman–Crippen LogP) is 1.56. The SMILES string of the molecule is Cc1ccccc1C(=O)NC1CCN(C(=O)CN2CCCC(C)(O)C2)CC1. The van der Waals surface area contributed by atoms with E-state index in [1.54, 1.807) is 0 Å². The summed E-state index contributed by atoms with van der Waals surface area (Å²) in [5.74, 6) is 0.0878. The molecule has 2 aliphatic heterocycles. The van der Waals surface area contributed by atoms with Gasteiger partial charge < -0.3 is 15.3 Å². The van der Waals surface area contributed by atoms with E-state index >= 15 is 0 Å². The number of aliphatic hydroxyl groups is 1. The predicted molar refractivity (Wildman–Crippen MR) is 105 cm³/mol. The highest BCUT2D eigenvalue weighted by Gasteiger charge is 2.31. The smallest absolute Gasteiger partial charge is 0.251 e. The van der Waals surface area contributed by atoms with Gasteiger partial charge >= 0.3 is 0 Å². The van der Waals surface area contributed by atoms with E-state index in [9.17, 15) is 14.7 Å². The van der Waals surface area contributed by atoms with E-state index in [4.69, 9.17) is 0 Å². The van der Waals surface area contributed by atoms with Crippen molar-refractivity contribution >= 4 is 11.8 Å². The number of hydrogen-bond donors (Lipinski definition) is 2. The van der Waals surface area contributed by atoms with Gasteiger partial charge in [0.1, 0.15) is 0 Å². The molecule has 2 fully saturated rings. The average molecular weight is 373 g/mol. The Balaban J connectivity index is 1.45. The number of carbonyl (C=O) groups is 2. The van der Waals surface area contributed by atoms with Crippen LogP contribution in [-0.2, 0) is 4.79 Å². The molecule has 0 radical (unpaired) electrons. The zero-order valence-electron chi connectivity index (χ0n) is 16.4. The van der Waals surface area contributed by atoms with Crippen LogP contribution in [-0.4, -0.2) is 71.1 Å². The first kappa shape index (κ1) is 19.8. The lowest BCUT2D eigenvalue weighted by molar-refractivity contribution is -0.135. The van der Waals surface area contributed by atoms with Crippen LogP contribution >= 0.6 is 0 Å². The van der Waals surface area contributed by atoms with Crippen molar-refractivity contribution < 1.29 is 14.7 Å². The zero-order valence-corrected chi connectivity index (χ0v) is 16.4. The first-order valence-electron chi connectivity index (χ1n) is 9.93. The van der Waals surface area contributed by atoms with Crippen molar-refractivity contribution in [1.29, 1.82) is 0 Å². The van der Waals surface area contributed by atoms with E-state index in [1.807, 2.05) is 43.0 Å². The molecule has 2 amide bonds. The third kappa shape index (κ3) is 5.30. The molecular formula is C21H31N3O3. The van der Waals surface area contributed by atoms with Crippen molar-refractivity contribution in [3.63, 3.8) is 0 Å². The molecule has 27 heavy (non-hydrogen) atoms. The summed E-state index contributed by atoms with van der Waals surface area (Å²) in [6.45, 7) is 6.91. The van der Waals surface area contributed by atoms with Crippen LogP contribution in [0.1, 0.15) is 48.5 Å². The Labute approximate surface area is 161 Å². The Hall–Kier alpha value is -1.92. The van der Waals surface area contributed by atoms with Gasteiger partial charge in [-0.05, 0) is 57.7 Å². The van der Waals surface area contributed by atoms with Gasteiger partial charge in [0.15, 0.2) is 0 Å². The molecule has 0 aromatic heterocycles. The maximum Gasteiger partial charge on any atom is 0.251 e. The van der Waals surface area contributed by atoms with Crippen LogP contribution in [0, 0.1) is 6.92 Å². The number of nitrogens with one attached hydrogen (secondary N) is 1. The highest BCUT2D eigenvalue weighted by atomic mass is 16.3. The first-order valence-corrected chi connectivity index (χ1v) is 9.93. The second-order valence-corrected chi connectivity index (χ2v) is 8.25. The van der Waals surface area contributed by atoms with Crippen LogP contribution in [0.4, 0.5) is 0 Å². The molecule has 1 aromatic carbocycles. The lowest BCUT2D eigenvalue weighted by Gasteiger charge is -2.38. The fourth-order valence-electron chi connectivity index (χ4n) is 4.11. The van der Waals surface area contributed by atoms with E-state index in [0.717, 1.165) is 37.8 Å². The van der Waals surface area contributed by atoms with Crippen LogP contribution in [0.2, 0.25) is 0 Å². The standard InChI is InChI=1S/C21H31N3O3/c1-16-6-3-4-7-18(16)20(26)22-17-8-12-24(13-9-17)19(25)14-23-11-5-10-21(2,27)15-23/h3-4,6-7,17,27H,5,8-15H2,1-2H3,(H,22,26). The number of carbonyl (C=O) groups excluding carboxylic acids is 2. The minimum Gasteiger partial charge on any atom is -0.389 e. The van der Waals surface area contributed by atoms with Crippen molar-refractivity contribution in [2.75, 3.05) is 32.7 Å². The summed E-state index contributed by atoms with van der Waals surface area (Å²) >= 11 is 0. The largest absolute Gasteiger partial charge is 0.389 e. The normalized spacial score (nSPS) is 24.6. The number of piperidine rings is 2. The number of amides is 2. The van der Waals surface area contributed by atoms with Gasteiger partial charge in [-0.1, -0.05) is 18.2 Å². The van der Waals surface area contributed by atoms with Gasteiger partial charge in [-0.15, -0.1) is 0 Å². The summed E-state index contributed by atoms with van der Waals surface area (Å²) in [6.07, 6.45) is 3.28. The molecule has 0 saturated carbocycles. The Morgan fingerprint density at radius 2 is 1.93 bits per heavy atom. The molecule has 0 spiro atoms. The molecule has 1 aromatic rings. The summed E-state index contributed by atoms with van der Waals surface area (Å²) in [5, 5.41) is 13.3. The Bertz CT molecular complexity index is 681. The summed E-state index contributed by atoms with van der Waals surface area (Å²) < 4.78 is 0. The van der Waals surface area contributed by atoms with Crippen molar-refractivity contribution in [3.8, 4) is 0 Å². The zero-order chi connectivity index (χ0) is 19.4. The Morgan fingerprint density at radius 3 is 2.59 bits per heavy atom. The van der Waals surface area contributed by atoms with E-state index in [-0.39, 0.29) is 17.9 Å². The number of benzene rings is 1. The highest BCUT2D eigenvalue weighted by Crippen LogP contribution is 2.20. The maximum atomic E-state index is 12.6. The van der Waals surface area contributed by atoms with Gasteiger partial charge in [0.05, 0.1) is 12.1 Å². The van der Waals surface area contributed by atoms with Gasteiger partial charge in [-0.2, -0.15) is 0 Å². The minimum absolute atomic E-state index is 0.0339. The maximum absolute atomic E-state index is 12.6. The molecule has 6 nitrogen and oxygen atoms in total. The Morgan fingerprint density at radius 1 is 1.22 bits per heavy atom. The van der Waals surface area contributed by atoms with E-state index < -0.39 is 5.60 Å². The molecule has 2 N–H and O–H groups in total. The summed E-state index contributed by atoms with van der Waals surface area (Å²) in [5.41, 5.74) is 0.999. The Kier molecular flexibility index (Phi) is 6.17. The third-order valence-electron chi connectivity index (χ3n) is 5.69. The van der Waals surface area contributed by atoms with Crippen molar-refractivity contribution in [2.24, 2.45) is 0 Å². The molecule has 2 heterocycles. The van der Waals surface area contributed by atoms with Crippen molar-refractivity contribution in [1.82, 2.24) is 15.1 Å². The molecule has 2 saturated heterocycles. The molecular weight excluding hydrogens is 342 g/mol. The van der Waals surface area contributed by atoms with E-state index in [0.29, 0.717) is 31.7 Å². The molecule has 0 bridgehead atoms. The number of likely N-dealkylation sites (tertiary alicyclic amines) is 2. The number of aryl methyl sites for hydroxylation is 1. The number of nitrogens with zero attached hydrogens (tertiary/aromatic N) is 2. The lowest BCUT2D eigenvalue weighted by Crippen LogP contribution is -2.52. The summed E-state index contributed by atoms with van der Waals surface area (Å²) in [6, 6.07) is 7.70. The van der Waals surface area contributed by atoms with Crippen LogP contribution < -0.4 is 5.32 Å². The number of rotatable bonds is 4. The molecule has 2 aliphatic rings. The van der Waals surface area contributed by atoms with Crippen LogP contribution in [0.25, 0.3) is 0 Å². The number of β-amino-alcohol motifs (C(OH)–C–C–N with tert-alkyl or cyclic N) is 1. The summed E-state index contributed by atoms with van der Waals surface area (Å²) in [7, 11) is 0. The van der Waals surface area contributed by atoms with Gasteiger partial charge in [0, 0.05) is 31.2 Å². The molecule has 1 unspecified atom stereocenters. The molecule has 148 valence electrons. The van der Waals surface area contributed by atoms with E-state index in [2.05, 4.69) is 10.2 Å². The molecule has 1 atom stereocenters. The lowest BCUT2D eigenvalue weighted by atomic mass is 9.95. The third-order valence-corrected chi connectivity index (χ3v) is 5.69. The average Bonchev–Trinajstić information content (AvgIpc) is 2.61. The number of hydrogen-bond acceptors (Lipinski definition) is 4. The van der Waals surface area contributed by atoms with E-state index in [1.165, 1.54) is 0 Å². The van der Waals surface area contributed by atoms with Gasteiger partial charge in [0.25, 0.3) is 5.91 Å². The van der Waals surface area contributed by atoms with Crippen LogP contribution in [0.15, 0.2) is 24.3 Å². The first-order chi connectivity index (χ1) is 12.8. The topological polar surface area (TPSA) is 72.9 Å². The highest BCUT2D eigenvalue weighted by molar-refractivity contribution is 5.95. The monoisotopic (exact) mass is 373 g/mol. The fraction of sp³-hybridized carbons (Fsp3) is 0.619. The van der Waals surface area contributed by atoms with Crippen LogP contribution in [0.5, 0.6) is 0 Å².